The van der Waals surface area contributed by atoms with Crippen LogP contribution in [0.3, 0.4) is 0 Å². The number of nitrogens with one attached hydrogen (secondary N) is 1. The Morgan fingerprint density at radius 1 is 1.33 bits per heavy atom. The molecule has 5 heteroatoms. The summed E-state index contributed by atoms with van der Waals surface area (Å²) in [7, 11) is 0. The maximum absolute atomic E-state index is 11.9. The van der Waals surface area contributed by atoms with Gasteiger partial charge in [0.25, 0.3) is 0 Å². The average molecular weight is 287 g/mol. The zero-order chi connectivity index (χ0) is 15.0. The van der Waals surface area contributed by atoms with Crippen molar-refractivity contribution in [3.8, 4) is 0 Å². The number of amides is 2. The van der Waals surface area contributed by atoms with E-state index in [4.69, 9.17) is 0 Å². The van der Waals surface area contributed by atoms with Gasteiger partial charge in [-0.1, -0.05) is 13.8 Å². The SMILES string of the molecule is CC(C)c1ccnc(N2CC(C3CCC(=O)NC3=O)C2)c1. The maximum Gasteiger partial charge on any atom is 0.230 e. The summed E-state index contributed by atoms with van der Waals surface area (Å²) in [5.41, 5.74) is 1.28. The molecule has 0 spiro atoms. The Morgan fingerprint density at radius 3 is 2.76 bits per heavy atom. The topological polar surface area (TPSA) is 62.3 Å². The molecule has 1 N–H and O–H groups in total. The van der Waals surface area contributed by atoms with Crippen LogP contribution >= 0.6 is 0 Å². The largest absolute Gasteiger partial charge is 0.356 e. The van der Waals surface area contributed by atoms with E-state index in [-0.39, 0.29) is 17.7 Å². The molecule has 3 heterocycles. The zero-order valence-corrected chi connectivity index (χ0v) is 12.5. The average Bonchev–Trinajstić information content (AvgIpc) is 2.40. The molecule has 0 radical (unpaired) electrons. The number of carbonyl (C=O) groups excluding carboxylic acids is 2. The predicted molar refractivity (Wildman–Crippen MR) is 79.9 cm³/mol. The first-order valence-electron chi connectivity index (χ1n) is 7.59. The van der Waals surface area contributed by atoms with Crippen LogP contribution in [0.15, 0.2) is 18.3 Å². The smallest absolute Gasteiger partial charge is 0.230 e. The van der Waals surface area contributed by atoms with E-state index in [2.05, 4.69) is 35.1 Å². The van der Waals surface area contributed by atoms with Crippen LogP contribution < -0.4 is 10.2 Å². The second-order valence-corrected chi connectivity index (χ2v) is 6.32. The Hall–Kier alpha value is -1.91. The summed E-state index contributed by atoms with van der Waals surface area (Å²) in [6.07, 6.45) is 3.00. The van der Waals surface area contributed by atoms with Crippen molar-refractivity contribution in [1.82, 2.24) is 10.3 Å². The molecule has 3 rings (SSSR count). The zero-order valence-electron chi connectivity index (χ0n) is 12.5. The highest BCUT2D eigenvalue weighted by Gasteiger charge is 2.40. The van der Waals surface area contributed by atoms with Crippen LogP contribution in [0.2, 0.25) is 0 Å². The van der Waals surface area contributed by atoms with Gasteiger partial charge in [0, 0.05) is 37.5 Å². The second kappa shape index (κ2) is 5.47. The van der Waals surface area contributed by atoms with Gasteiger partial charge < -0.3 is 4.90 Å². The number of pyridine rings is 1. The first-order chi connectivity index (χ1) is 10.0. The van der Waals surface area contributed by atoms with Crippen LogP contribution in [0, 0.1) is 11.8 Å². The Labute approximate surface area is 124 Å². The van der Waals surface area contributed by atoms with Crippen molar-refractivity contribution in [2.45, 2.75) is 32.6 Å². The monoisotopic (exact) mass is 287 g/mol. The minimum atomic E-state index is -0.140. The maximum atomic E-state index is 11.9. The third-order valence-electron chi connectivity index (χ3n) is 4.52. The van der Waals surface area contributed by atoms with E-state index in [1.165, 1.54) is 5.56 Å². The third-order valence-corrected chi connectivity index (χ3v) is 4.52. The molecule has 0 saturated carbocycles. The summed E-state index contributed by atoms with van der Waals surface area (Å²) in [4.78, 5) is 29.7. The molecule has 1 aromatic heterocycles. The van der Waals surface area contributed by atoms with E-state index in [1.54, 1.807) is 0 Å². The van der Waals surface area contributed by atoms with Gasteiger partial charge in [-0.05, 0) is 30.0 Å². The molecular weight excluding hydrogens is 266 g/mol. The number of hydrogen-bond donors (Lipinski definition) is 1. The summed E-state index contributed by atoms with van der Waals surface area (Å²) in [5.74, 6) is 1.55. The van der Waals surface area contributed by atoms with Crippen molar-refractivity contribution >= 4 is 17.6 Å². The Morgan fingerprint density at radius 2 is 2.10 bits per heavy atom. The fourth-order valence-corrected chi connectivity index (χ4v) is 3.08. The molecule has 0 bridgehead atoms. The van der Waals surface area contributed by atoms with Gasteiger partial charge in [0.15, 0.2) is 0 Å². The molecular formula is C16H21N3O2. The number of piperidine rings is 1. The Kier molecular flexibility index (Phi) is 3.66. The minimum absolute atomic E-state index is 0.0211. The first kappa shape index (κ1) is 14.0. The highest BCUT2D eigenvalue weighted by Crippen LogP contribution is 2.32. The fourth-order valence-electron chi connectivity index (χ4n) is 3.08. The normalized spacial score (nSPS) is 23.2. The molecule has 5 nitrogen and oxygen atoms in total. The summed E-state index contributed by atoms with van der Waals surface area (Å²) in [5, 5.41) is 2.45. The number of imide groups is 1. The van der Waals surface area contributed by atoms with Crippen molar-refractivity contribution < 1.29 is 9.59 Å². The summed E-state index contributed by atoms with van der Waals surface area (Å²) >= 11 is 0. The van der Waals surface area contributed by atoms with Crippen LogP contribution in [0.5, 0.6) is 0 Å². The van der Waals surface area contributed by atoms with Crippen LogP contribution in [-0.2, 0) is 9.59 Å². The lowest BCUT2D eigenvalue weighted by Crippen LogP contribution is -2.55. The standard InChI is InChI=1S/C16H21N3O2/c1-10(2)11-5-6-17-14(7-11)19-8-12(9-19)13-3-4-15(20)18-16(13)21/h5-7,10,12-13H,3-4,8-9H2,1-2H3,(H,18,20,21). The van der Waals surface area contributed by atoms with E-state index in [9.17, 15) is 9.59 Å². The van der Waals surface area contributed by atoms with Gasteiger partial charge in [0.2, 0.25) is 11.8 Å². The number of rotatable bonds is 3. The van der Waals surface area contributed by atoms with E-state index < -0.39 is 0 Å². The van der Waals surface area contributed by atoms with Crippen LogP contribution in [0.1, 0.15) is 38.2 Å². The van der Waals surface area contributed by atoms with Gasteiger partial charge in [-0.15, -0.1) is 0 Å². The fraction of sp³-hybridized carbons (Fsp3) is 0.562. The Balaban J connectivity index is 1.62. The number of hydrogen-bond acceptors (Lipinski definition) is 4. The molecule has 2 aliphatic heterocycles. The van der Waals surface area contributed by atoms with E-state index >= 15 is 0 Å². The molecule has 1 unspecified atom stereocenters. The molecule has 0 aliphatic carbocycles. The van der Waals surface area contributed by atoms with Crippen molar-refractivity contribution in [1.29, 1.82) is 0 Å². The predicted octanol–water partition coefficient (Wildman–Crippen LogP) is 1.69. The lowest BCUT2D eigenvalue weighted by atomic mass is 9.80. The Bertz CT molecular complexity index is 564. The molecule has 2 fully saturated rings. The van der Waals surface area contributed by atoms with E-state index in [1.807, 2.05) is 12.3 Å². The molecule has 21 heavy (non-hydrogen) atoms. The lowest BCUT2D eigenvalue weighted by Gasteiger charge is -2.44. The number of carbonyl (C=O) groups is 2. The van der Waals surface area contributed by atoms with Crippen LogP contribution in [0.4, 0.5) is 5.82 Å². The first-order valence-corrected chi connectivity index (χ1v) is 7.59. The quantitative estimate of drug-likeness (QED) is 0.859. The summed E-state index contributed by atoms with van der Waals surface area (Å²) < 4.78 is 0. The lowest BCUT2D eigenvalue weighted by molar-refractivity contribution is -0.138. The van der Waals surface area contributed by atoms with Crippen molar-refractivity contribution in [2.24, 2.45) is 11.8 Å². The molecule has 2 saturated heterocycles. The number of nitrogens with zero attached hydrogens (tertiary/aromatic N) is 2. The van der Waals surface area contributed by atoms with Gasteiger partial charge >= 0.3 is 0 Å². The summed E-state index contributed by atoms with van der Waals surface area (Å²) in [6, 6.07) is 4.18. The molecule has 112 valence electrons. The molecule has 1 aromatic rings. The van der Waals surface area contributed by atoms with Gasteiger partial charge in [0.05, 0.1) is 0 Å². The van der Waals surface area contributed by atoms with E-state index in [0.717, 1.165) is 18.9 Å². The molecule has 2 aliphatic rings. The molecule has 1 atom stereocenters. The van der Waals surface area contributed by atoms with Crippen molar-refractivity contribution in [2.75, 3.05) is 18.0 Å². The van der Waals surface area contributed by atoms with Crippen LogP contribution in [0.25, 0.3) is 0 Å². The number of anilines is 1. The van der Waals surface area contributed by atoms with Gasteiger partial charge in [0.1, 0.15) is 5.82 Å². The summed E-state index contributed by atoms with van der Waals surface area (Å²) in [6.45, 7) is 6.03. The van der Waals surface area contributed by atoms with Crippen molar-refractivity contribution in [3.63, 3.8) is 0 Å². The minimum Gasteiger partial charge on any atom is -0.356 e. The van der Waals surface area contributed by atoms with Crippen molar-refractivity contribution in [3.05, 3.63) is 23.9 Å². The van der Waals surface area contributed by atoms with E-state index in [0.29, 0.717) is 24.7 Å². The third kappa shape index (κ3) is 2.77. The molecule has 0 aromatic carbocycles. The van der Waals surface area contributed by atoms with Gasteiger partial charge in [-0.3, -0.25) is 14.9 Å². The van der Waals surface area contributed by atoms with Gasteiger partial charge in [-0.25, -0.2) is 4.98 Å². The molecule has 2 amide bonds. The van der Waals surface area contributed by atoms with Crippen LogP contribution in [-0.4, -0.2) is 29.9 Å². The number of aromatic nitrogens is 1. The van der Waals surface area contributed by atoms with Gasteiger partial charge in [-0.2, -0.15) is 0 Å². The second-order valence-electron chi connectivity index (χ2n) is 6.32. The highest BCUT2D eigenvalue weighted by atomic mass is 16.2. The highest BCUT2D eigenvalue weighted by molar-refractivity contribution is 5.98.